The van der Waals surface area contributed by atoms with Crippen LogP contribution < -0.4 is 11.3 Å². The lowest BCUT2D eigenvalue weighted by atomic mass is 9.79. The van der Waals surface area contributed by atoms with E-state index in [2.05, 4.69) is 18.4 Å². The average molecular weight is 299 g/mol. The van der Waals surface area contributed by atoms with Crippen LogP contribution >= 0.6 is 23.4 Å². The number of hydrazine groups is 1. The van der Waals surface area contributed by atoms with Crippen molar-refractivity contribution in [3.63, 3.8) is 0 Å². The van der Waals surface area contributed by atoms with Gasteiger partial charge < -0.3 is 0 Å². The third kappa shape index (κ3) is 4.67. The Kier molecular flexibility index (Phi) is 6.02. The fourth-order valence-corrected chi connectivity index (χ4v) is 4.29. The van der Waals surface area contributed by atoms with E-state index in [0.29, 0.717) is 12.0 Å². The molecule has 19 heavy (non-hydrogen) atoms. The first-order valence-electron chi connectivity index (χ1n) is 7.03. The molecule has 0 amide bonds. The summed E-state index contributed by atoms with van der Waals surface area (Å²) >= 11 is 7.84. The molecule has 2 rings (SSSR count). The summed E-state index contributed by atoms with van der Waals surface area (Å²) in [7, 11) is 0. The summed E-state index contributed by atoms with van der Waals surface area (Å²) in [6.07, 6.45) is 5.31. The highest BCUT2D eigenvalue weighted by Crippen LogP contribution is 2.33. The molecule has 3 unspecified atom stereocenters. The Morgan fingerprint density at radius 1 is 1.47 bits per heavy atom. The Labute approximate surface area is 125 Å². The zero-order chi connectivity index (χ0) is 13.7. The zero-order valence-corrected chi connectivity index (χ0v) is 13.0. The Morgan fingerprint density at radius 3 is 3.00 bits per heavy atom. The van der Waals surface area contributed by atoms with E-state index in [-0.39, 0.29) is 0 Å². The molecule has 2 nitrogen and oxygen atoms in total. The predicted octanol–water partition coefficient (Wildman–Crippen LogP) is 4.09. The first-order chi connectivity index (χ1) is 9.19. The number of benzene rings is 1. The molecule has 3 N–H and O–H groups in total. The summed E-state index contributed by atoms with van der Waals surface area (Å²) in [5.74, 6) is 8.31. The minimum absolute atomic E-state index is 0.395. The van der Waals surface area contributed by atoms with Crippen LogP contribution in [0.15, 0.2) is 29.2 Å². The van der Waals surface area contributed by atoms with E-state index in [9.17, 15) is 0 Å². The number of nitrogens with two attached hydrogens (primary N) is 1. The molecule has 1 fully saturated rings. The molecule has 3 atom stereocenters. The molecule has 0 radical (unpaired) electrons. The molecule has 1 saturated carbocycles. The maximum absolute atomic E-state index is 6.01. The van der Waals surface area contributed by atoms with Crippen molar-refractivity contribution < 1.29 is 0 Å². The third-order valence-electron chi connectivity index (χ3n) is 3.99. The standard InChI is InChI=1S/C15H23ClN2S/c1-11-4-2-5-12(8-11)15(18-17)10-19-14-7-3-6-13(16)9-14/h3,6-7,9,11-12,15,18H,2,4-5,8,10,17H2,1H3. The largest absolute Gasteiger partial charge is 0.271 e. The van der Waals surface area contributed by atoms with Crippen molar-refractivity contribution in [3.8, 4) is 0 Å². The lowest BCUT2D eigenvalue weighted by Gasteiger charge is -2.32. The molecule has 1 aliphatic rings. The number of rotatable bonds is 5. The Balaban J connectivity index is 1.88. The van der Waals surface area contributed by atoms with Gasteiger partial charge in [0, 0.05) is 21.7 Å². The van der Waals surface area contributed by atoms with Gasteiger partial charge in [0.15, 0.2) is 0 Å². The minimum atomic E-state index is 0.395. The van der Waals surface area contributed by atoms with Crippen molar-refractivity contribution in [3.05, 3.63) is 29.3 Å². The molecule has 1 aromatic rings. The zero-order valence-electron chi connectivity index (χ0n) is 11.4. The molecule has 0 aromatic heterocycles. The van der Waals surface area contributed by atoms with Gasteiger partial charge in [-0.1, -0.05) is 37.4 Å². The minimum Gasteiger partial charge on any atom is -0.271 e. The lowest BCUT2D eigenvalue weighted by Crippen LogP contribution is -2.44. The summed E-state index contributed by atoms with van der Waals surface area (Å²) < 4.78 is 0. The highest BCUT2D eigenvalue weighted by Gasteiger charge is 2.25. The molecule has 0 heterocycles. The third-order valence-corrected chi connectivity index (χ3v) is 5.33. The van der Waals surface area contributed by atoms with Gasteiger partial charge in [-0.3, -0.25) is 11.3 Å². The maximum Gasteiger partial charge on any atom is 0.0417 e. The molecule has 0 bridgehead atoms. The normalized spacial score (nSPS) is 25.2. The van der Waals surface area contributed by atoms with Gasteiger partial charge >= 0.3 is 0 Å². The van der Waals surface area contributed by atoms with Gasteiger partial charge in [0.25, 0.3) is 0 Å². The first-order valence-corrected chi connectivity index (χ1v) is 8.40. The van der Waals surface area contributed by atoms with Gasteiger partial charge in [0.2, 0.25) is 0 Å². The van der Waals surface area contributed by atoms with Crippen LogP contribution in [0.4, 0.5) is 0 Å². The van der Waals surface area contributed by atoms with E-state index < -0.39 is 0 Å². The molecule has 0 aliphatic heterocycles. The fraction of sp³-hybridized carbons (Fsp3) is 0.600. The van der Waals surface area contributed by atoms with Gasteiger partial charge in [-0.2, -0.15) is 0 Å². The van der Waals surface area contributed by atoms with Crippen LogP contribution in [0.25, 0.3) is 0 Å². The second-order valence-electron chi connectivity index (χ2n) is 5.57. The molecule has 106 valence electrons. The highest BCUT2D eigenvalue weighted by atomic mass is 35.5. The lowest BCUT2D eigenvalue weighted by molar-refractivity contribution is 0.235. The van der Waals surface area contributed by atoms with Crippen molar-refractivity contribution >= 4 is 23.4 Å². The molecule has 1 aromatic carbocycles. The van der Waals surface area contributed by atoms with Crippen LogP contribution in [0, 0.1) is 11.8 Å². The van der Waals surface area contributed by atoms with Crippen molar-refractivity contribution in [2.45, 2.75) is 43.5 Å². The van der Waals surface area contributed by atoms with E-state index in [1.165, 1.54) is 30.6 Å². The van der Waals surface area contributed by atoms with Crippen molar-refractivity contribution in [1.82, 2.24) is 5.43 Å². The van der Waals surface area contributed by atoms with Crippen LogP contribution in [0.3, 0.4) is 0 Å². The maximum atomic E-state index is 6.01. The van der Waals surface area contributed by atoms with Gasteiger partial charge in [0.1, 0.15) is 0 Å². The fourth-order valence-electron chi connectivity index (χ4n) is 2.91. The molecular weight excluding hydrogens is 276 g/mol. The van der Waals surface area contributed by atoms with E-state index in [1.54, 1.807) is 0 Å². The van der Waals surface area contributed by atoms with E-state index in [0.717, 1.165) is 16.7 Å². The van der Waals surface area contributed by atoms with Crippen molar-refractivity contribution in [2.75, 3.05) is 5.75 Å². The van der Waals surface area contributed by atoms with Crippen LogP contribution in [0.5, 0.6) is 0 Å². The van der Waals surface area contributed by atoms with Crippen LogP contribution in [0.1, 0.15) is 32.6 Å². The first kappa shape index (κ1) is 15.2. The monoisotopic (exact) mass is 298 g/mol. The molecular formula is C15H23ClN2S. The Morgan fingerprint density at radius 2 is 2.32 bits per heavy atom. The van der Waals surface area contributed by atoms with E-state index in [1.807, 2.05) is 30.0 Å². The van der Waals surface area contributed by atoms with Crippen LogP contribution in [0.2, 0.25) is 5.02 Å². The van der Waals surface area contributed by atoms with Crippen LogP contribution in [-0.2, 0) is 0 Å². The quantitative estimate of drug-likeness (QED) is 0.488. The van der Waals surface area contributed by atoms with E-state index in [4.69, 9.17) is 17.4 Å². The predicted molar refractivity (Wildman–Crippen MR) is 84.4 cm³/mol. The summed E-state index contributed by atoms with van der Waals surface area (Å²) in [5.41, 5.74) is 3.02. The summed E-state index contributed by atoms with van der Waals surface area (Å²) in [6.45, 7) is 2.35. The van der Waals surface area contributed by atoms with Crippen molar-refractivity contribution in [1.29, 1.82) is 0 Å². The molecule has 4 heteroatoms. The highest BCUT2D eigenvalue weighted by molar-refractivity contribution is 7.99. The van der Waals surface area contributed by atoms with Gasteiger partial charge in [-0.05, 0) is 42.9 Å². The number of halogens is 1. The molecule has 1 aliphatic carbocycles. The molecule has 0 saturated heterocycles. The summed E-state index contributed by atoms with van der Waals surface area (Å²) in [4.78, 5) is 1.22. The number of hydrogen-bond donors (Lipinski definition) is 2. The second-order valence-corrected chi connectivity index (χ2v) is 7.10. The summed E-state index contributed by atoms with van der Waals surface area (Å²) in [5, 5.41) is 0.800. The Hall–Kier alpha value is -0.220. The number of nitrogens with one attached hydrogen (secondary N) is 1. The smallest absolute Gasteiger partial charge is 0.0417 e. The Bertz CT molecular complexity index is 399. The molecule has 0 spiro atoms. The summed E-state index contributed by atoms with van der Waals surface area (Å²) in [6, 6.07) is 8.43. The number of hydrogen-bond acceptors (Lipinski definition) is 3. The second kappa shape index (κ2) is 7.53. The number of thioether (sulfide) groups is 1. The van der Waals surface area contributed by atoms with Crippen LogP contribution in [-0.4, -0.2) is 11.8 Å². The van der Waals surface area contributed by atoms with E-state index >= 15 is 0 Å². The van der Waals surface area contributed by atoms with Gasteiger partial charge in [-0.25, -0.2) is 0 Å². The topological polar surface area (TPSA) is 38.0 Å². The van der Waals surface area contributed by atoms with Gasteiger partial charge in [-0.15, -0.1) is 11.8 Å². The van der Waals surface area contributed by atoms with Gasteiger partial charge in [0.05, 0.1) is 0 Å². The average Bonchev–Trinajstić information content (AvgIpc) is 2.40. The SMILES string of the molecule is CC1CCCC(C(CSc2cccc(Cl)c2)NN)C1. The van der Waals surface area contributed by atoms with Crippen molar-refractivity contribution in [2.24, 2.45) is 17.7 Å².